The Balaban J connectivity index is 4.23. The van der Waals surface area contributed by atoms with Gasteiger partial charge in [-0.25, -0.2) is 4.39 Å². The normalized spacial score (nSPS) is 23.3. The lowest BCUT2D eigenvalue weighted by Gasteiger charge is -2.23. The van der Waals surface area contributed by atoms with E-state index < -0.39 is 15.8 Å². The standard InChI is InChI=1S/C7H15FOS/c1-5-6(2)7(3,8)10(4)9/h6H,5H2,1-4H3. The molecule has 3 atom stereocenters. The average molecular weight is 166 g/mol. The minimum absolute atomic E-state index is 0.127. The van der Waals surface area contributed by atoms with Gasteiger partial charge in [-0.2, -0.15) is 0 Å². The zero-order chi connectivity index (χ0) is 8.36. The van der Waals surface area contributed by atoms with E-state index in [-0.39, 0.29) is 5.92 Å². The Morgan fingerprint density at radius 2 is 2.10 bits per heavy atom. The Kier molecular flexibility index (Phi) is 3.49. The zero-order valence-electron chi connectivity index (χ0n) is 6.98. The van der Waals surface area contributed by atoms with E-state index in [9.17, 15) is 8.60 Å². The summed E-state index contributed by atoms with van der Waals surface area (Å²) in [7, 11) is -1.37. The van der Waals surface area contributed by atoms with Crippen LogP contribution >= 0.6 is 0 Å². The van der Waals surface area contributed by atoms with Crippen molar-refractivity contribution in [3.63, 3.8) is 0 Å². The van der Waals surface area contributed by atoms with Gasteiger partial charge < -0.3 is 0 Å². The summed E-state index contributed by atoms with van der Waals surface area (Å²) in [6.45, 7) is 5.08. The highest BCUT2D eigenvalue weighted by Crippen LogP contribution is 2.26. The van der Waals surface area contributed by atoms with Crippen LogP contribution in [0.15, 0.2) is 0 Å². The minimum Gasteiger partial charge on any atom is -0.257 e. The number of rotatable bonds is 3. The number of alkyl halides is 1. The molecule has 0 aliphatic carbocycles. The van der Waals surface area contributed by atoms with Gasteiger partial charge in [-0.05, 0) is 13.3 Å². The highest BCUT2D eigenvalue weighted by atomic mass is 32.2. The molecule has 3 heteroatoms. The second-order valence-electron chi connectivity index (χ2n) is 2.75. The third-order valence-corrected chi connectivity index (χ3v) is 3.58. The maximum absolute atomic E-state index is 13.3. The molecular formula is C7H15FOS. The van der Waals surface area contributed by atoms with E-state index >= 15 is 0 Å². The Bertz CT molecular complexity index is 134. The van der Waals surface area contributed by atoms with Crippen LogP contribution in [0.25, 0.3) is 0 Å². The molecule has 0 N–H and O–H groups in total. The molecule has 10 heavy (non-hydrogen) atoms. The predicted octanol–water partition coefficient (Wildman–Crippen LogP) is 2.10. The summed E-state index contributed by atoms with van der Waals surface area (Å²) in [5.74, 6) is -0.127. The smallest absolute Gasteiger partial charge is 0.184 e. The maximum atomic E-state index is 13.3. The molecule has 0 aliphatic rings. The fraction of sp³-hybridized carbons (Fsp3) is 1.00. The van der Waals surface area contributed by atoms with Crippen molar-refractivity contribution in [3.8, 4) is 0 Å². The van der Waals surface area contributed by atoms with Gasteiger partial charge in [0.2, 0.25) is 0 Å². The Hall–Kier alpha value is 0.0800. The van der Waals surface area contributed by atoms with E-state index in [0.717, 1.165) is 6.42 Å². The molecule has 0 aromatic carbocycles. The SMILES string of the molecule is CCC(C)C(C)(F)S(C)=O. The molecule has 0 aromatic heterocycles. The molecule has 0 saturated heterocycles. The monoisotopic (exact) mass is 166 g/mol. The fourth-order valence-corrected chi connectivity index (χ4v) is 1.38. The third-order valence-electron chi connectivity index (χ3n) is 2.05. The molecule has 0 saturated carbocycles. The Morgan fingerprint density at radius 1 is 1.70 bits per heavy atom. The van der Waals surface area contributed by atoms with Gasteiger partial charge in [0.1, 0.15) is 0 Å². The predicted molar refractivity (Wildman–Crippen MR) is 43.0 cm³/mol. The van der Waals surface area contributed by atoms with Gasteiger partial charge in [0.05, 0.1) is 10.8 Å². The molecule has 0 aromatic rings. The second-order valence-corrected chi connectivity index (χ2v) is 4.46. The summed E-state index contributed by atoms with van der Waals surface area (Å²) in [5.41, 5.74) is 0. The molecule has 0 fully saturated rings. The van der Waals surface area contributed by atoms with Gasteiger partial charge in [-0.3, -0.25) is 4.21 Å². The summed E-state index contributed by atoms with van der Waals surface area (Å²) in [5, 5.41) is -1.52. The number of hydrogen-bond donors (Lipinski definition) is 0. The number of halogens is 1. The van der Waals surface area contributed by atoms with E-state index in [1.54, 1.807) is 6.92 Å². The first-order valence-corrected chi connectivity index (χ1v) is 5.01. The molecular weight excluding hydrogens is 151 g/mol. The topological polar surface area (TPSA) is 17.1 Å². The van der Waals surface area contributed by atoms with Gasteiger partial charge in [0.15, 0.2) is 5.00 Å². The molecule has 0 aliphatic heterocycles. The molecule has 3 unspecified atom stereocenters. The van der Waals surface area contributed by atoms with Crippen molar-refractivity contribution < 1.29 is 8.60 Å². The van der Waals surface area contributed by atoms with Crippen LogP contribution in [-0.4, -0.2) is 15.5 Å². The van der Waals surface area contributed by atoms with Gasteiger partial charge in [0.25, 0.3) is 0 Å². The van der Waals surface area contributed by atoms with Crippen LogP contribution in [0, 0.1) is 5.92 Å². The van der Waals surface area contributed by atoms with Crippen molar-refractivity contribution in [2.24, 2.45) is 5.92 Å². The lowest BCUT2D eigenvalue weighted by Crippen LogP contribution is -2.31. The van der Waals surface area contributed by atoms with Crippen LogP contribution in [0.1, 0.15) is 27.2 Å². The average Bonchev–Trinajstić information content (AvgIpc) is 1.86. The third kappa shape index (κ3) is 2.04. The molecule has 0 amide bonds. The van der Waals surface area contributed by atoms with Crippen molar-refractivity contribution in [1.82, 2.24) is 0 Å². The van der Waals surface area contributed by atoms with Gasteiger partial charge in [0, 0.05) is 12.2 Å². The quantitative estimate of drug-likeness (QED) is 0.627. The van der Waals surface area contributed by atoms with Crippen LogP contribution in [-0.2, 0) is 10.8 Å². The highest BCUT2D eigenvalue weighted by Gasteiger charge is 2.33. The molecule has 1 nitrogen and oxygen atoms in total. The molecule has 0 spiro atoms. The van der Waals surface area contributed by atoms with Crippen LogP contribution in [0.3, 0.4) is 0 Å². The lowest BCUT2D eigenvalue weighted by molar-refractivity contribution is 0.211. The first kappa shape index (κ1) is 10.1. The first-order chi connectivity index (χ1) is 4.42. The van der Waals surface area contributed by atoms with Crippen LogP contribution < -0.4 is 0 Å². The summed E-state index contributed by atoms with van der Waals surface area (Å²) < 4.78 is 24.1. The largest absolute Gasteiger partial charge is 0.257 e. The molecule has 0 rings (SSSR count). The maximum Gasteiger partial charge on any atom is 0.184 e. The minimum atomic E-state index is -1.52. The lowest BCUT2D eigenvalue weighted by atomic mass is 10.0. The van der Waals surface area contributed by atoms with Crippen molar-refractivity contribution in [1.29, 1.82) is 0 Å². The van der Waals surface area contributed by atoms with Crippen LogP contribution in [0.2, 0.25) is 0 Å². The summed E-state index contributed by atoms with van der Waals surface area (Å²) in [6, 6.07) is 0. The summed E-state index contributed by atoms with van der Waals surface area (Å²) >= 11 is 0. The van der Waals surface area contributed by atoms with Gasteiger partial charge in [-0.1, -0.05) is 13.8 Å². The summed E-state index contributed by atoms with van der Waals surface area (Å²) in [6.07, 6.45) is 2.14. The van der Waals surface area contributed by atoms with E-state index in [4.69, 9.17) is 0 Å². The fourth-order valence-electron chi connectivity index (χ4n) is 0.648. The Morgan fingerprint density at radius 3 is 2.20 bits per heavy atom. The summed E-state index contributed by atoms with van der Waals surface area (Å²) in [4.78, 5) is 0. The van der Waals surface area contributed by atoms with E-state index in [1.807, 2.05) is 6.92 Å². The molecule has 62 valence electrons. The van der Waals surface area contributed by atoms with Crippen LogP contribution in [0.5, 0.6) is 0 Å². The van der Waals surface area contributed by atoms with Crippen molar-refractivity contribution >= 4 is 10.8 Å². The van der Waals surface area contributed by atoms with E-state index in [0.29, 0.717) is 0 Å². The highest BCUT2D eigenvalue weighted by molar-refractivity contribution is 7.85. The zero-order valence-corrected chi connectivity index (χ0v) is 7.80. The van der Waals surface area contributed by atoms with E-state index in [1.165, 1.54) is 13.2 Å². The van der Waals surface area contributed by atoms with Gasteiger partial charge >= 0.3 is 0 Å². The Labute approximate surface area is 64.5 Å². The van der Waals surface area contributed by atoms with Crippen LogP contribution in [0.4, 0.5) is 4.39 Å². The van der Waals surface area contributed by atoms with Crippen molar-refractivity contribution in [3.05, 3.63) is 0 Å². The first-order valence-electron chi connectivity index (χ1n) is 3.45. The van der Waals surface area contributed by atoms with Crippen molar-refractivity contribution in [2.75, 3.05) is 6.26 Å². The van der Waals surface area contributed by atoms with Crippen molar-refractivity contribution in [2.45, 2.75) is 32.2 Å². The van der Waals surface area contributed by atoms with Gasteiger partial charge in [-0.15, -0.1) is 0 Å². The molecule has 0 radical (unpaired) electrons. The molecule has 0 bridgehead atoms. The molecule has 0 heterocycles. The van der Waals surface area contributed by atoms with E-state index in [2.05, 4.69) is 0 Å². The second kappa shape index (κ2) is 3.46. The number of hydrogen-bond acceptors (Lipinski definition) is 1.